The van der Waals surface area contributed by atoms with Crippen LogP contribution in [-0.2, 0) is 0 Å². The quantitative estimate of drug-likeness (QED) is 0.837. The third-order valence-electron chi connectivity index (χ3n) is 7.46. The fraction of sp³-hybridized carbons (Fsp3) is 0.947. The molecule has 1 saturated heterocycles. The van der Waals surface area contributed by atoms with Crippen molar-refractivity contribution in [2.45, 2.75) is 63.5 Å². The molecule has 0 spiro atoms. The normalized spacial score (nSPS) is 45.4. The van der Waals surface area contributed by atoms with Crippen LogP contribution in [0.5, 0.6) is 0 Å². The number of hydrogen-bond donors (Lipinski definition) is 2. The van der Waals surface area contributed by atoms with Gasteiger partial charge in [-0.15, -0.1) is 0 Å². The number of urea groups is 1. The van der Waals surface area contributed by atoms with Crippen LogP contribution in [0.25, 0.3) is 0 Å². The van der Waals surface area contributed by atoms with E-state index >= 15 is 0 Å². The highest BCUT2D eigenvalue weighted by Gasteiger charge is 2.48. The molecule has 0 unspecified atom stereocenters. The predicted octanol–water partition coefficient (Wildman–Crippen LogP) is 2.59. The van der Waals surface area contributed by atoms with Crippen molar-refractivity contribution in [2.24, 2.45) is 29.6 Å². The molecule has 0 radical (unpaired) electrons. The molecule has 1 atom stereocenters. The highest BCUT2D eigenvalue weighted by Crippen LogP contribution is 2.53. The van der Waals surface area contributed by atoms with Crippen LogP contribution < -0.4 is 10.6 Å². The summed E-state index contributed by atoms with van der Waals surface area (Å²) in [4.78, 5) is 15.0. The van der Waals surface area contributed by atoms with Gasteiger partial charge in [0.05, 0.1) is 0 Å². The van der Waals surface area contributed by atoms with Crippen molar-refractivity contribution < 1.29 is 4.79 Å². The summed E-state index contributed by atoms with van der Waals surface area (Å²) in [7, 11) is 0. The largest absolute Gasteiger partial charge is 0.338 e. The Morgan fingerprint density at radius 3 is 2.30 bits per heavy atom. The molecule has 6 rings (SSSR count). The molecule has 6 aliphatic rings. The first-order valence-electron chi connectivity index (χ1n) is 10.0. The van der Waals surface area contributed by atoms with Crippen LogP contribution in [0.3, 0.4) is 0 Å². The molecule has 1 aliphatic heterocycles. The van der Waals surface area contributed by atoms with Crippen molar-refractivity contribution in [1.82, 2.24) is 15.5 Å². The van der Waals surface area contributed by atoms with Crippen LogP contribution >= 0.6 is 0 Å². The summed E-state index contributed by atoms with van der Waals surface area (Å²) in [5, 5.41) is 6.56. The molecule has 6 fully saturated rings. The second kappa shape index (κ2) is 5.65. The molecule has 4 nitrogen and oxygen atoms in total. The summed E-state index contributed by atoms with van der Waals surface area (Å²) in [6.45, 7) is 3.31. The molecule has 0 aromatic carbocycles. The molecule has 5 saturated carbocycles. The first-order valence-corrected chi connectivity index (χ1v) is 10.0. The Morgan fingerprint density at radius 2 is 1.65 bits per heavy atom. The van der Waals surface area contributed by atoms with E-state index in [9.17, 15) is 4.79 Å². The van der Waals surface area contributed by atoms with Crippen LogP contribution in [0, 0.1) is 29.6 Å². The molecule has 4 heteroatoms. The van der Waals surface area contributed by atoms with Crippen molar-refractivity contribution >= 4 is 6.03 Å². The Labute approximate surface area is 139 Å². The summed E-state index contributed by atoms with van der Waals surface area (Å²) < 4.78 is 0. The second-order valence-electron chi connectivity index (χ2n) is 9.19. The molecule has 0 aromatic heterocycles. The van der Waals surface area contributed by atoms with E-state index in [1.807, 2.05) is 0 Å². The zero-order chi connectivity index (χ0) is 15.4. The van der Waals surface area contributed by atoms with E-state index in [1.165, 1.54) is 64.5 Å². The first-order chi connectivity index (χ1) is 11.2. The maximum atomic E-state index is 12.4. The first kappa shape index (κ1) is 14.6. The smallest absolute Gasteiger partial charge is 0.315 e. The van der Waals surface area contributed by atoms with E-state index in [4.69, 9.17) is 0 Å². The van der Waals surface area contributed by atoms with Crippen LogP contribution in [0.4, 0.5) is 4.79 Å². The summed E-state index contributed by atoms with van der Waals surface area (Å²) in [5.74, 6) is 4.17. The van der Waals surface area contributed by atoms with Crippen LogP contribution in [0.15, 0.2) is 0 Å². The fourth-order valence-electron chi connectivity index (χ4n) is 6.40. The average Bonchev–Trinajstić information content (AvgIpc) is 3.27. The number of amides is 2. The molecule has 4 bridgehead atoms. The number of rotatable bonds is 4. The van der Waals surface area contributed by atoms with Gasteiger partial charge in [0, 0.05) is 25.2 Å². The van der Waals surface area contributed by atoms with E-state index in [1.54, 1.807) is 0 Å². The van der Waals surface area contributed by atoms with Gasteiger partial charge in [-0.1, -0.05) is 0 Å². The summed E-state index contributed by atoms with van der Waals surface area (Å²) >= 11 is 0. The molecule has 0 aromatic rings. The number of likely N-dealkylation sites (tertiary alicyclic amines) is 1. The van der Waals surface area contributed by atoms with Gasteiger partial charge in [-0.25, -0.2) is 4.79 Å². The Hall–Kier alpha value is -0.770. The second-order valence-corrected chi connectivity index (χ2v) is 9.19. The molecule has 1 heterocycles. The SMILES string of the molecule is O=C(NC[C@H]1CCN(C2CC2)C1)NC1C2CC3CC(C2)CC1C3. The molecule has 128 valence electrons. The maximum Gasteiger partial charge on any atom is 0.315 e. The molecule has 5 aliphatic carbocycles. The van der Waals surface area contributed by atoms with Gasteiger partial charge in [0.25, 0.3) is 0 Å². The summed E-state index contributed by atoms with van der Waals surface area (Å²) in [6.07, 6.45) is 11.0. The maximum absolute atomic E-state index is 12.4. The van der Waals surface area contributed by atoms with Crippen molar-refractivity contribution in [3.05, 3.63) is 0 Å². The molecular formula is C19H31N3O. The minimum absolute atomic E-state index is 0.104. The lowest BCUT2D eigenvalue weighted by atomic mass is 9.54. The van der Waals surface area contributed by atoms with Crippen LogP contribution in [-0.4, -0.2) is 42.6 Å². The van der Waals surface area contributed by atoms with Gasteiger partial charge >= 0.3 is 6.03 Å². The third kappa shape index (κ3) is 2.88. The molecular weight excluding hydrogens is 286 g/mol. The van der Waals surface area contributed by atoms with Gasteiger partial charge in [0.1, 0.15) is 0 Å². The number of carbonyl (C=O) groups excluding carboxylic acids is 1. The standard InChI is InChI=1S/C19H31N3O/c23-19(20-10-12-3-4-22(11-12)17-1-2-17)21-18-15-6-13-5-14(8-15)9-16(18)7-13/h12-18H,1-11H2,(H2,20,21,23)/t12-,13?,14?,15?,16?,18?/m1/s1. The van der Waals surface area contributed by atoms with Crippen molar-refractivity contribution in [3.63, 3.8) is 0 Å². The van der Waals surface area contributed by atoms with Crippen molar-refractivity contribution in [2.75, 3.05) is 19.6 Å². The highest BCUT2D eigenvalue weighted by atomic mass is 16.2. The predicted molar refractivity (Wildman–Crippen MR) is 90.1 cm³/mol. The zero-order valence-corrected chi connectivity index (χ0v) is 14.2. The van der Waals surface area contributed by atoms with Gasteiger partial charge in [0.2, 0.25) is 0 Å². The lowest BCUT2D eigenvalue weighted by molar-refractivity contribution is -0.00943. The minimum atomic E-state index is 0.104. The average molecular weight is 317 g/mol. The number of carbonyl (C=O) groups is 1. The van der Waals surface area contributed by atoms with E-state index in [2.05, 4.69) is 15.5 Å². The van der Waals surface area contributed by atoms with Crippen molar-refractivity contribution in [1.29, 1.82) is 0 Å². The topological polar surface area (TPSA) is 44.4 Å². The number of nitrogens with one attached hydrogen (secondary N) is 2. The van der Waals surface area contributed by atoms with Crippen LogP contribution in [0.2, 0.25) is 0 Å². The number of nitrogens with zero attached hydrogens (tertiary/aromatic N) is 1. The Kier molecular flexibility index (Phi) is 3.57. The lowest BCUT2D eigenvalue weighted by Gasteiger charge is -2.54. The van der Waals surface area contributed by atoms with Gasteiger partial charge in [-0.2, -0.15) is 0 Å². The Bertz CT molecular complexity index is 447. The third-order valence-corrected chi connectivity index (χ3v) is 7.46. The van der Waals surface area contributed by atoms with E-state index in [0.717, 1.165) is 36.3 Å². The molecule has 23 heavy (non-hydrogen) atoms. The Morgan fingerprint density at radius 1 is 0.957 bits per heavy atom. The van der Waals surface area contributed by atoms with Crippen LogP contribution in [0.1, 0.15) is 51.4 Å². The van der Waals surface area contributed by atoms with E-state index in [-0.39, 0.29) is 6.03 Å². The van der Waals surface area contributed by atoms with Gasteiger partial charge < -0.3 is 15.5 Å². The molecule has 2 amide bonds. The zero-order valence-electron chi connectivity index (χ0n) is 14.2. The minimum Gasteiger partial charge on any atom is -0.338 e. The monoisotopic (exact) mass is 317 g/mol. The highest BCUT2D eigenvalue weighted by molar-refractivity contribution is 5.74. The molecule has 2 N–H and O–H groups in total. The summed E-state index contributed by atoms with van der Waals surface area (Å²) in [6, 6.07) is 1.45. The lowest BCUT2D eigenvalue weighted by Crippen LogP contribution is -2.57. The number of hydrogen-bond acceptors (Lipinski definition) is 2. The van der Waals surface area contributed by atoms with Crippen molar-refractivity contribution in [3.8, 4) is 0 Å². The summed E-state index contributed by atoms with van der Waals surface area (Å²) in [5.41, 5.74) is 0. The fourth-order valence-corrected chi connectivity index (χ4v) is 6.40. The van der Waals surface area contributed by atoms with E-state index < -0.39 is 0 Å². The van der Waals surface area contributed by atoms with Gasteiger partial charge in [-0.05, 0) is 87.5 Å². The Balaban J connectivity index is 1.10. The van der Waals surface area contributed by atoms with Gasteiger partial charge in [0.15, 0.2) is 0 Å². The van der Waals surface area contributed by atoms with Gasteiger partial charge in [-0.3, -0.25) is 0 Å². The van der Waals surface area contributed by atoms with E-state index in [0.29, 0.717) is 12.0 Å².